The van der Waals surface area contributed by atoms with Crippen molar-refractivity contribution in [3.8, 4) is 0 Å². The van der Waals surface area contributed by atoms with E-state index in [1.165, 1.54) is 10.9 Å². The summed E-state index contributed by atoms with van der Waals surface area (Å²) >= 11 is 0. The second-order valence-corrected chi connectivity index (χ2v) is 7.56. The average molecular weight is 427 g/mol. The molecule has 0 fully saturated rings. The first-order valence-corrected chi connectivity index (χ1v) is 10.7. The third-order valence-electron chi connectivity index (χ3n) is 5.30. The first-order valence-electron chi connectivity index (χ1n) is 10.7. The second-order valence-electron chi connectivity index (χ2n) is 7.56. The van der Waals surface area contributed by atoms with Crippen molar-refractivity contribution in [2.24, 2.45) is 0 Å². The number of urea groups is 1. The molecule has 0 aliphatic rings. The van der Waals surface area contributed by atoms with Crippen LogP contribution in [0, 0.1) is 0 Å². The minimum Gasteiger partial charge on any atom is -0.361 e. The normalized spacial score (nSPS) is 11.6. The standard InChI is InChI=1S/C26H26N4O2/c31-25(29-21-13-5-2-6-14-21)24(19-10-3-1-4-11-19)30-26(32)27-17-9-12-20-18-28-23-16-8-7-15-22(20)23/h1-8,10-11,13-16,18,24,28H,9,12,17H2,(H,29,31)(H2,27,30,32). The van der Waals surface area contributed by atoms with Gasteiger partial charge in [-0.05, 0) is 42.2 Å². The Morgan fingerprint density at radius 2 is 1.53 bits per heavy atom. The number of benzene rings is 3. The molecule has 0 spiro atoms. The van der Waals surface area contributed by atoms with E-state index < -0.39 is 6.04 Å². The molecule has 3 amide bonds. The Labute approximate surface area is 187 Å². The number of aromatic nitrogens is 1. The number of H-pyrrole nitrogens is 1. The lowest BCUT2D eigenvalue weighted by Crippen LogP contribution is -2.43. The fraction of sp³-hybridized carbons (Fsp3) is 0.154. The van der Waals surface area contributed by atoms with Crippen LogP contribution in [0.2, 0.25) is 0 Å². The fourth-order valence-corrected chi connectivity index (χ4v) is 3.68. The van der Waals surface area contributed by atoms with Crippen LogP contribution in [0.1, 0.15) is 23.6 Å². The molecule has 3 aromatic carbocycles. The molecule has 162 valence electrons. The number of rotatable bonds is 8. The van der Waals surface area contributed by atoms with Gasteiger partial charge < -0.3 is 20.9 Å². The van der Waals surface area contributed by atoms with Crippen LogP contribution < -0.4 is 16.0 Å². The molecule has 1 aromatic heterocycles. The zero-order valence-corrected chi connectivity index (χ0v) is 17.7. The number of anilines is 1. The van der Waals surface area contributed by atoms with Crippen LogP contribution in [0.4, 0.5) is 10.5 Å². The summed E-state index contributed by atoms with van der Waals surface area (Å²) in [6.07, 6.45) is 3.66. The van der Waals surface area contributed by atoms with Gasteiger partial charge in [0, 0.05) is 29.3 Å². The number of hydrogen-bond acceptors (Lipinski definition) is 2. The van der Waals surface area contributed by atoms with Gasteiger partial charge in [-0.3, -0.25) is 4.79 Å². The molecule has 0 aliphatic carbocycles. The quantitative estimate of drug-likeness (QED) is 0.306. The van der Waals surface area contributed by atoms with Crippen LogP contribution in [-0.2, 0) is 11.2 Å². The van der Waals surface area contributed by atoms with Crippen LogP contribution in [0.25, 0.3) is 10.9 Å². The van der Waals surface area contributed by atoms with Crippen molar-refractivity contribution in [1.82, 2.24) is 15.6 Å². The minimum absolute atomic E-state index is 0.295. The fourth-order valence-electron chi connectivity index (χ4n) is 3.68. The first-order chi connectivity index (χ1) is 15.7. The first kappa shape index (κ1) is 21.2. The number of hydrogen-bond donors (Lipinski definition) is 4. The van der Waals surface area contributed by atoms with Gasteiger partial charge in [-0.1, -0.05) is 66.7 Å². The number of fused-ring (bicyclic) bond motifs is 1. The van der Waals surface area contributed by atoms with Crippen LogP contribution >= 0.6 is 0 Å². The van der Waals surface area contributed by atoms with E-state index in [9.17, 15) is 9.59 Å². The van der Waals surface area contributed by atoms with E-state index in [1.807, 2.05) is 79.0 Å². The van der Waals surface area contributed by atoms with E-state index in [2.05, 4.69) is 33.1 Å². The van der Waals surface area contributed by atoms with Crippen molar-refractivity contribution in [2.75, 3.05) is 11.9 Å². The van der Waals surface area contributed by atoms with E-state index in [4.69, 9.17) is 0 Å². The van der Waals surface area contributed by atoms with Crippen LogP contribution in [0.15, 0.2) is 91.1 Å². The van der Waals surface area contributed by atoms with Gasteiger partial charge >= 0.3 is 6.03 Å². The summed E-state index contributed by atoms with van der Waals surface area (Å²) in [5, 5.41) is 9.75. The Balaban J connectivity index is 1.33. The van der Waals surface area contributed by atoms with Crippen LogP contribution in [-0.4, -0.2) is 23.5 Å². The van der Waals surface area contributed by atoms with E-state index in [0.29, 0.717) is 12.2 Å². The molecule has 0 aliphatic heterocycles. The lowest BCUT2D eigenvalue weighted by atomic mass is 10.1. The van der Waals surface area contributed by atoms with Crippen molar-refractivity contribution in [3.05, 3.63) is 102 Å². The van der Waals surface area contributed by atoms with Gasteiger partial charge in [0.15, 0.2) is 0 Å². The molecule has 0 saturated carbocycles. The lowest BCUT2D eigenvalue weighted by Gasteiger charge is -2.19. The molecule has 4 rings (SSSR count). The highest BCUT2D eigenvalue weighted by Crippen LogP contribution is 2.19. The maximum atomic E-state index is 12.9. The number of aromatic amines is 1. The SMILES string of the molecule is O=C(NCCCc1c[nH]c2ccccc12)NC(C(=O)Nc1ccccc1)c1ccccc1. The molecule has 0 radical (unpaired) electrons. The van der Waals surface area contributed by atoms with Crippen LogP contribution in [0.3, 0.4) is 0 Å². The molecule has 1 heterocycles. The van der Waals surface area contributed by atoms with Gasteiger partial charge in [0.2, 0.25) is 0 Å². The zero-order chi connectivity index (χ0) is 22.2. The molecular formula is C26H26N4O2. The van der Waals surface area contributed by atoms with Gasteiger partial charge in [0.25, 0.3) is 5.91 Å². The number of amides is 3. The molecule has 4 N–H and O–H groups in total. The average Bonchev–Trinajstić information content (AvgIpc) is 3.24. The predicted molar refractivity (Wildman–Crippen MR) is 127 cm³/mol. The monoisotopic (exact) mass is 426 g/mol. The Bertz CT molecular complexity index is 1170. The highest BCUT2D eigenvalue weighted by atomic mass is 16.2. The Hall–Kier alpha value is -4.06. The van der Waals surface area contributed by atoms with Gasteiger partial charge in [-0.2, -0.15) is 0 Å². The number of carbonyl (C=O) groups is 2. The molecule has 4 aromatic rings. The number of aryl methyl sites for hydroxylation is 1. The van der Waals surface area contributed by atoms with Crippen molar-refractivity contribution in [2.45, 2.75) is 18.9 Å². The Kier molecular flexibility index (Phi) is 6.82. The van der Waals surface area contributed by atoms with E-state index >= 15 is 0 Å². The predicted octanol–water partition coefficient (Wildman–Crippen LogP) is 4.78. The Morgan fingerprint density at radius 1 is 0.844 bits per heavy atom. The Morgan fingerprint density at radius 3 is 2.31 bits per heavy atom. The van der Waals surface area contributed by atoms with Gasteiger partial charge in [0.05, 0.1) is 0 Å². The van der Waals surface area contributed by atoms with Crippen molar-refractivity contribution >= 4 is 28.5 Å². The molecule has 6 heteroatoms. The third kappa shape index (κ3) is 5.35. The number of para-hydroxylation sites is 2. The van der Waals surface area contributed by atoms with Crippen LogP contribution in [0.5, 0.6) is 0 Å². The third-order valence-corrected chi connectivity index (χ3v) is 5.30. The maximum absolute atomic E-state index is 12.9. The summed E-state index contributed by atoms with van der Waals surface area (Å²) in [5.41, 5.74) is 3.74. The van der Waals surface area contributed by atoms with Crippen molar-refractivity contribution in [3.63, 3.8) is 0 Å². The van der Waals surface area contributed by atoms with E-state index in [1.54, 1.807) is 0 Å². The highest BCUT2D eigenvalue weighted by Gasteiger charge is 2.22. The highest BCUT2D eigenvalue weighted by molar-refractivity contribution is 5.97. The van der Waals surface area contributed by atoms with Crippen molar-refractivity contribution in [1.29, 1.82) is 0 Å². The second kappa shape index (κ2) is 10.3. The lowest BCUT2D eigenvalue weighted by molar-refractivity contribution is -0.118. The summed E-state index contributed by atoms with van der Waals surface area (Å²) < 4.78 is 0. The molecular weight excluding hydrogens is 400 g/mol. The van der Waals surface area contributed by atoms with Gasteiger partial charge in [-0.25, -0.2) is 4.79 Å². The summed E-state index contributed by atoms with van der Waals surface area (Å²) in [6.45, 7) is 0.507. The van der Waals surface area contributed by atoms with E-state index in [0.717, 1.165) is 23.9 Å². The molecule has 32 heavy (non-hydrogen) atoms. The zero-order valence-electron chi connectivity index (χ0n) is 17.7. The molecule has 1 atom stereocenters. The van der Waals surface area contributed by atoms with Gasteiger partial charge in [0.1, 0.15) is 6.04 Å². The minimum atomic E-state index is -0.801. The summed E-state index contributed by atoms with van der Waals surface area (Å²) in [6, 6.07) is 25.4. The number of nitrogens with one attached hydrogen (secondary N) is 4. The van der Waals surface area contributed by atoms with Gasteiger partial charge in [-0.15, -0.1) is 0 Å². The molecule has 0 bridgehead atoms. The molecule has 0 saturated heterocycles. The smallest absolute Gasteiger partial charge is 0.315 e. The topological polar surface area (TPSA) is 86.0 Å². The summed E-state index contributed by atoms with van der Waals surface area (Å²) in [5.74, 6) is -0.295. The van der Waals surface area contributed by atoms with E-state index in [-0.39, 0.29) is 11.9 Å². The number of carbonyl (C=O) groups excluding carboxylic acids is 2. The maximum Gasteiger partial charge on any atom is 0.315 e. The largest absolute Gasteiger partial charge is 0.361 e. The summed E-state index contributed by atoms with van der Waals surface area (Å²) in [4.78, 5) is 28.7. The molecule has 6 nitrogen and oxygen atoms in total. The molecule has 1 unspecified atom stereocenters. The van der Waals surface area contributed by atoms with Crippen molar-refractivity contribution < 1.29 is 9.59 Å². The summed E-state index contributed by atoms with van der Waals surface area (Å²) in [7, 11) is 0.